The third-order valence-corrected chi connectivity index (χ3v) is 5.53. The Labute approximate surface area is 172 Å². The summed E-state index contributed by atoms with van der Waals surface area (Å²) >= 11 is 0. The summed E-state index contributed by atoms with van der Waals surface area (Å²) in [5.41, 5.74) is 12.1. The van der Waals surface area contributed by atoms with Crippen LogP contribution in [0.1, 0.15) is 29.4 Å². The van der Waals surface area contributed by atoms with Crippen LogP contribution < -0.4 is 11.1 Å². The first-order valence-corrected chi connectivity index (χ1v) is 9.86. The average Bonchev–Trinajstić information content (AvgIpc) is 3.36. The number of alkyl halides is 1. The zero-order valence-electron chi connectivity index (χ0n) is 16.2. The first-order valence-electron chi connectivity index (χ1n) is 9.86. The Morgan fingerprint density at radius 3 is 2.60 bits per heavy atom. The molecule has 0 saturated carbocycles. The Morgan fingerprint density at radius 2 is 1.83 bits per heavy atom. The van der Waals surface area contributed by atoms with Crippen LogP contribution in [-0.4, -0.2) is 20.4 Å². The highest BCUT2D eigenvalue weighted by atomic mass is 19.1. The number of hydrogen-bond donors (Lipinski definition) is 2. The zero-order chi connectivity index (χ0) is 20.7. The second-order valence-electron chi connectivity index (χ2n) is 7.38. The summed E-state index contributed by atoms with van der Waals surface area (Å²) in [6.07, 6.45) is 2.78. The van der Waals surface area contributed by atoms with Gasteiger partial charge in [0.15, 0.2) is 5.82 Å². The normalized spacial score (nSPS) is 13.9. The molecule has 2 heterocycles. The first-order chi connectivity index (χ1) is 14.6. The minimum absolute atomic E-state index is 0.330. The number of amides is 1. The number of benzene rings is 2. The van der Waals surface area contributed by atoms with Gasteiger partial charge in [-0.1, -0.05) is 30.3 Å². The van der Waals surface area contributed by atoms with Crippen molar-refractivity contribution in [1.29, 1.82) is 0 Å². The van der Waals surface area contributed by atoms with Gasteiger partial charge in [-0.3, -0.25) is 4.79 Å². The predicted octanol–water partition coefficient (Wildman–Crippen LogP) is 4.14. The molecule has 1 atom stereocenters. The SMILES string of the molecule is Nc1ncnc2c3c(n(-c4ccc(NC(=O)C(F)c5ccccc5)cc4)c12)CCC3. The number of rotatable bonds is 4. The van der Waals surface area contributed by atoms with Gasteiger partial charge in [0, 0.05) is 17.1 Å². The third-order valence-electron chi connectivity index (χ3n) is 5.53. The fraction of sp³-hybridized carbons (Fsp3) is 0.174. The van der Waals surface area contributed by atoms with E-state index in [1.807, 2.05) is 12.1 Å². The van der Waals surface area contributed by atoms with Crippen LogP contribution in [0.15, 0.2) is 60.9 Å². The maximum atomic E-state index is 14.4. The number of nitrogens with zero attached hydrogens (tertiary/aromatic N) is 3. The predicted molar refractivity (Wildman–Crippen MR) is 114 cm³/mol. The second kappa shape index (κ2) is 7.26. The van der Waals surface area contributed by atoms with Crippen LogP contribution in [0.2, 0.25) is 0 Å². The van der Waals surface area contributed by atoms with Crippen molar-refractivity contribution in [2.75, 3.05) is 11.1 Å². The van der Waals surface area contributed by atoms with Crippen LogP contribution in [-0.2, 0) is 17.6 Å². The van der Waals surface area contributed by atoms with E-state index < -0.39 is 12.1 Å². The van der Waals surface area contributed by atoms with Crippen LogP contribution in [0.5, 0.6) is 0 Å². The van der Waals surface area contributed by atoms with Gasteiger partial charge in [-0.05, 0) is 54.7 Å². The van der Waals surface area contributed by atoms with Crippen LogP contribution >= 0.6 is 0 Å². The lowest BCUT2D eigenvalue weighted by Gasteiger charge is -2.13. The number of fused-ring (bicyclic) bond motifs is 3. The van der Waals surface area contributed by atoms with Crippen LogP contribution in [0, 0.1) is 0 Å². The number of aromatic nitrogens is 3. The highest BCUT2D eigenvalue weighted by Crippen LogP contribution is 2.36. The van der Waals surface area contributed by atoms with Crippen molar-refractivity contribution in [3.05, 3.63) is 77.7 Å². The molecule has 30 heavy (non-hydrogen) atoms. The van der Waals surface area contributed by atoms with E-state index in [1.54, 1.807) is 42.5 Å². The molecular weight excluding hydrogens is 381 g/mol. The van der Waals surface area contributed by atoms with Crippen LogP contribution in [0.4, 0.5) is 15.9 Å². The van der Waals surface area contributed by atoms with E-state index in [1.165, 1.54) is 17.6 Å². The largest absolute Gasteiger partial charge is 0.382 e. The molecule has 2 aromatic heterocycles. The van der Waals surface area contributed by atoms with Gasteiger partial charge in [0.25, 0.3) is 5.91 Å². The monoisotopic (exact) mass is 401 g/mol. The molecule has 1 unspecified atom stereocenters. The average molecular weight is 401 g/mol. The highest BCUT2D eigenvalue weighted by Gasteiger charge is 2.25. The van der Waals surface area contributed by atoms with E-state index in [0.29, 0.717) is 17.1 Å². The van der Waals surface area contributed by atoms with Crippen molar-refractivity contribution < 1.29 is 9.18 Å². The van der Waals surface area contributed by atoms with Crippen molar-refractivity contribution in [1.82, 2.24) is 14.5 Å². The Hall–Kier alpha value is -3.74. The van der Waals surface area contributed by atoms with E-state index >= 15 is 0 Å². The molecule has 3 N–H and O–H groups in total. The third kappa shape index (κ3) is 2.99. The van der Waals surface area contributed by atoms with Gasteiger partial charge < -0.3 is 15.6 Å². The highest BCUT2D eigenvalue weighted by molar-refractivity contribution is 5.95. The summed E-state index contributed by atoms with van der Waals surface area (Å²) in [6, 6.07) is 15.7. The minimum Gasteiger partial charge on any atom is -0.382 e. The molecular formula is C23H20FN5O. The number of carbonyl (C=O) groups excluding carboxylic acids is 1. The molecule has 4 aromatic rings. The number of anilines is 2. The van der Waals surface area contributed by atoms with E-state index in [-0.39, 0.29) is 0 Å². The molecule has 0 aliphatic heterocycles. The molecule has 2 aromatic carbocycles. The van der Waals surface area contributed by atoms with Crippen molar-refractivity contribution in [3.63, 3.8) is 0 Å². The molecule has 0 fully saturated rings. The van der Waals surface area contributed by atoms with Crippen molar-refractivity contribution in [2.45, 2.75) is 25.4 Å². The lowest BCUT2D eigenvalue weighted by molar-refractivity contribution is -0.121. The Morgan fingerprint density at radius 1 is 1.07 bits per heavy atom. The van der Waals surface area contributed by atoms with Gasteiger partial charge in [-0.25, -0.2) is 14.4 Å². The fourth-order valence-corrected chi connectivity index (χ4v) is 4.16. The molecule has 1 amide bonds. The Bertz CT molecular complexity index is 1230. The minimum atomic E-state index is -1.72. The maximum Gasteiger partial charge on any atom is 0.263 e. The molecule has 0 radical (unpaired) electrons. The number of halogens is 1. The number of nitrogen functional groups attached to an aromatic ring is 1. The van der Waals surface area contributed by atoms with Gasteiger partial charge in [-0.15, -0.1) is 0 Å². The second-order valence-corrected chi connectivity index (χ2v) is 7.38. The molecule has 7 heteroatoms. The Balaban J connectivity index is 1.45. The number of hydrogen-bond acceptors (Lipinski definition) is 4. The van der Waals surface area contributed by atoms with Gasteiger partial charge in [0.05, 0.1) is 5.52 Å². The quantitative estimate of drug-likeness (QED) is 0.538. The van der Waals surface area contributed by atoms with Gasteiger partial charge in [0.2, 0.25) is 6.17 Å². The zero-order valence-corrected chi connectivity index (χ0v) is 16.2. The fourth-order valence-electron chi connectivity index (χ4n) is 4.16. The molecule has 1 aliphatic rings. The topological polar surface area (TPSA) is 85.8 Å². The van der Waals surface area contributed by atoms with Crippen molar-refractivity contribution in [2.24, 2.45) is 0 Å². The molecule has 0 spiro atoms. The number of carbonyl (C=O) groups is 1. The Kier molecular flexibility index (Phi) is 4.43. The standard InChI is InChI=1S/C23H20FN5O/c24-19(14-5-2-1-3-6-14)23(30)28-15-9-11-16(12-10-15)29-18-8-4-7-17(18)20-21(29)22(25)27-13-26-20/h1-3,5-6,9-13,19H,4,7-8H2,(H,28,30)(H2,25,26,27). The molecule has 5 rings (SSSR count). The summed E-state index contributed by atoms with van der Waals surface area (Å²) in [5.74, 6) is -0.256. The van der Waals surface area contributed by atoms with E-state index in [4.69, 9.17) is 5.73 Å². The van der Waals surface area contributed by atoms with Crippen LogP contribution in [0.3, 0.4) is 0 Å². The number of aryl methyl sites for hydroxylation is 1. The summed E-state index contributed by atoms with van der Waals surface area (Å²) in [4.78, 5) is 20.9. The molecule has 1 aliphatic carbocycles. The summed E-state index contributed by atoms with van der Waals surface area (Å²) in [6.45, 7) is 0. The van der Waals surface area contributed by atoms with E-state index in [9.17, 15) is 9.18 Å². The van der Waals surface area contributed by atoms with Gasteiger partial charge in [-0.2, -0.15) is 0 Å². The maximum absolute atomic E-state index is 14.4. The smallest absolute Gasteiger partial charge is 0.263 e. The van der Waals surface area contributed by atoms with E-state index in [0.717, 1.165) is 36.0 Å². The van der Waals surface area contributed by atoms with Gasteiger partial charge >= 0.3 is 0 Å². The van der Waals surface area contributed by atoms with Crippen molar-refractivity contribution in [3.8, 4) is 5.69 Å². The molecule has 150 valence electrons. The molecule has 6 nitrogen and oxygen atoms in total. The molecule has 0 saturated heterocycles. The summed E-state index contributed by atoms with van der Waals surface area (Å²) in [5, 5.41) is 2.64. The first kappa shape index (κ1) is 18.3. The van der Waals surface area contributed by atoms with Crippen LogP contribution in [0.25, 0.3) is 16.7 Å². The number of nitrogens with one attached hydrogen (secondary N) is 1. The van der Waals surface area contributed by atoms with E-state index in [2.05, 4.69) is 19.9 Å². The van der Waals surface area contributed by atoms with Gasteiger partial charge in [0.1, 0.15) is 11.8 Å². The summed E-state index contributed by atoms with van der Waals surface area (Å²) in [7, 11) is 0. The lowest BCUT2D eigenvalue weighted by Crippen LogP contribution is -2.17. The number of nitrogens with two attached hydrogens (primary N) is 1. The lowest BCUT2D eigenvalue weighted by atomic mass is 10.1. The van der Waals surface area contributed by atoms with Crippen molar-refractivity contribution >= 4 is 28.4 Å². The molecule has 0 bridgehead atoms. The summed E-state index contributed by atoms with van der Waals surface area (Å²) < 4.78 is 16.5.